The summed E-state index contributed by atoms with van der Waals surface area (Å²) in [6, 6.07) is 15.7. The predicted octanol–water partition coefficient (Wildman–Crippen LogP) is 2.25. The molecule has 1 unspecified atom stereocenters. The Balaban J connectivity index is 1.84. The van der Waals surface area contributed by atoms with Gasteiger partial charge in [0, 0.05) is 0 Å². The van der Waals surface area contributed by atoms with Crippen LogP contribution < -0.4 is 4.74 Å². The van der Waals surface area contributed by atoms with Crippen LogP contribution in [0.4, 0.5) is 0 Å². The van der Waals surface area contributed by atoms with Gasteiger partial charge in [0.25, 0.3) is 0 Å². The van der Waals surface area contributed by atoms with Gasteiger partial charge in [-0.25, -0.2) is 4.57 Å². The molecule has 2 atom stereocenters. The van der Waals surface area contributed by atoms with Gasteiger partial charge in [-0.05, 0) is 23.3 Å². The van der Waals surface area contributed by atoms with Crippen LogP contribution in [0.15, 0.2) is 54.6 Å². The smallest absolute Gasteiger partial charge is 0.472 e. The molecule has 0 saturated carbocycles. The highest BCUT2D eigenvalue weighted by Gasteiger charge is 2.21. The minimum absolute atomic E-state index is 0.0309. The monoisotopic (exact) mass is 368 g/mol. The quantitative estimate of drug-likeness (QED) is 0.552. The SMILES string of the molecule is O=P(O)(OCc1ccccc1)OCc1cccc(OC[C@@H](O)CO)c1. The molecule has 136 valence electrons. The standard InChI is InChI=1S/C17H21O7P/c18-10-16(19)13-22-17-8-4-7-15(9-17)12-24-25(20,21)23-11-14-5-2-1-3-6-14/h1-9,16,18-19H,10-13H2,(H,20,21)/t16-/m0/s1. The Morgan fingerprint density at radius 2 is 1.60 bits per heavy atom. The van der Waals surface area contributed by atoms with Crippen LogP contribution in [0, 0.1) is 0 Å². The average molecular weight is 368 g/mol. The summed E-state index contributed by atoms with van der Waals surface area (Å²) in [4.78, 5) is 9.73. The Bertz CT molecular complexity index is 692. The number of ether oxygens (including phenoxy) is 1. The molecule has 2 aromatic carbocycles. The lowest BCUT2D eigenvalue weighted by atomic mass is 10.2. The molecule has 7 nitrogen and oxygen atoms in total. The molecule has 0 bridgehead atoms. The molecule has 0 aliphatic rings. The third-order valence-corrected chi connectivity index (χ3v) is 4.09. The molecule has 0 saturated heterocycles. The second kappa shape index (κ2) is 9.68. The average Bonchev–Trinajstić information content (AvgIpc) is 2.64. The third-order valence-electron chi connectivity index (χ3n) is 3.18. The van der Waals surface area contributed by atoms with Crippen molar-refractivity contribution >= 4 is 7.82 Å². The summed E-state index contributed by atoms with van der Waals surface area (Å²) in [5.41, 5.74) is 1.37. The first kappa shape index (κ1) is 19.6. The maximum atomic E-state index is 11.9. The predicted molar refractivity (Wildman–Crippen MR) is 90.9 cm³/mol. The van der Waals surface area contributed by atoms with Crippen LogP contribution in [-0.4, -0.2) is 34.4 Å². The fraction of sp³-hybridized carbons (Fsp3) is 0.294. The maximum absolute atomic E-state index is 11.9. The summed E-state index contributed by atoms with van der Waals surface area (Å²) in [6.45, 7) is -0.617. The van der Waals surface area contributed by atoms with Gasteiger partial charge in [0.1, 0.15) is 18.5 Å². The summed E-state index contributed by atoms with van der Waals surface area (Å²) >= 11 is 0. The van der Waals surface area contributed by atoms with Crippen molar-refractivity contribution in [3.63, 3.8) is 0 Å². The highest BCUT2D eigenvalue weighted by atomic mass is 31.2. The van der Waals surface area contributed by atoms with Gasteiger partial charge in [0.05, 0.1) is 19.8 Å². The van der Waals surface area contributed by atoms with Crippen LogP contribution in [0.5, 0.6) is 5.75 Å². The number of phosphoric ester groups is 1. The Hall–Kier alpha value is -1.73. The summed E-state index contributed by atoms with van der Waals surface area (Å²) in [7, 11) is -4.19. The molecular formula is C17H21O7P. The molecule has 0 amide bonds. The van der Waals surface area contributed by atoms with Crippen LogP contribution in [0.3, 0.4) is 0 Å². The molecule has 2 aromatic rings. The summed E-state index contributed by atoms with van der Waals surface area (Å²) < 4.78 is 27.2. The van der Waals surface area contributed by atoms with Crippen LogP contribution >= 0.6 is 7.82 Å². The molecular weight excluding hydrogens is 347 g/mol. The lowest BCUT2D eigenvalue weighted by Gasteiger charge is -2.13. The fourth-order valence-electron chi connectivity index (χ4n) is 1.89. The van der Waals surface area contributed by atoms with Crippen molar-refractivity contribution in [1.29, 1.82) is 0 Å². The molecule has 2 rings (SSSR count). The zero-order chi connectivity index (χ0) is 18.1. The number of rotatable bonds is 10. The molecule has 25 heavy (non-hydrogen) atoms. The van der Waals surface area contributed by atoms with E-state index in [9.17, 15) is 14.6 Å². The number of phosphoric acid groups is 1. The minimum Gasteiger partial charge on any atom is -0.491 e. The normalized spacial score (nSPS) is 14.7. The van der Waals surface area contributed by atoms with E-state index in [2.05, 4.69) is 0 Å². The zero-order valence-corrected chi connectivity index (χ0v) is 14.4. The number of hydrogen-bond acceptors (Lipinski definition) is 6. The summed E-state index contributed by atoms with van der Waals surface area (Å²) in [5.74, 6) is 0.451. The van der Waals surface area contributed by atoms with Crippen LogP contribution in [0.1, 0.15) is 11.1 Å². The molecule has 3 N–H and O–H groups in total. The third kappa shape index (κ3) is 7.36. The molecule has 0 fully saturated rings. The van der Waals surface area contributed by atoms with E-state index < -0.39 is 20.5 Å². The Kier molecular flexibility index (Phi) is 7.58. The van der Waals surface area contributed by atoms with Crippen molar-refractivity contribution in [1.82, 2.24) is 0 Å². The minimum atomic E-state index is -4.19. The molecule has 0 spiro atoms. The molecule has 0 heterocycles. The van der Waals surface area contributed by atoms with E-state index in [-0.39, 0.29) is 19.8 Å². The van der Waals surface area contributed by atoms with Gasteiger partial charge in [-0.2, -0.15) is 0 Å². The van der Waals surface area contributed by atoms with E-state index in [1.165, 1.54) is 0 Å². The molecule has 0 aliphatic carbocycles. The van der Waals surface area contributed by atoms with Crippen molar-refractivity contribution < 1.29 is 33.5 Å². The number of aliphatic hydroxyl groups is 2. The van der Waals surface area contributed by atoms with E-state index in [0.29, 0.717) is 11.3 Å². The van der Waals surface area contributed by atoms with Gasteiger partial charge in [0.15, 0.2) is 0 Å². The number of benzene rings is 2. The topological polar surface area (TPSA) is 105 Å². The zero-order valence-electron chi connectivity index (χ0n) is 13.5. The summed E-state index contributed by atoms with van der Waals surface area (Å²) in [5, 5.41) is 18.0. The van der Waals surface area contributed by atoms with Crippen LogP contribution in [0.25, 0.3) is 0 Å². The van der Waals surface area contributed by atoms with Crippen molar-refractivity contribution in [3.8, 4) is 5.75 Å². The van der Waals surface area contributed by atoms with E-state index in [1.807, 2.05) is 6.07 Å². The fourth-order valence-corrected chi connectivity index (χ4v) is 2.59. The van der Waals surface area contributed by atoms with E-state index in [1.54, 1.807) is 48.5 Å². The van der Waals surface area contributed by atoms with E-state index in [0.717, 1.165) is 5.56 Å². The second-order valence-electron chi connectivity index (χ2n) is 5.30. The molecule has 0 radical (unpaired) electrons. The molecule has 0 aromatic heterocycles. The highest BCUT2D eigenvalue weighted by molar-refractivity contribution is 7.47. The first-order valence-electron chi connectivity index (χ1n) is 7.65. The first-order valence-corrected chi connectivity index (χ1v) is 9.14. The Labute approximate surface area is 146 Å². The van der Waals surface area contributed by atoms with Gasteiger partial charge in [-0.3, -0.25) is 9.05 Å². The van der Waals surface area contributed by atoms with Crippen molar-refractivity contribution in [2.24, 2.45) is 0 Å². The van der Waals surface area contributed by atoms with Gasteiger partial charge in [-0.15, -0.1) is 0 Å². The van der Waals surface area contributed by atoms with Crippen molar-refractivity contribution in [2.45, 2.75) is 19.3 Å². The van der Waals surface area contributed by atoms with E-state index in [4.69, 9.17) is 18.9 Å². The van der Waals surface area contributed by atoms with Crippen LogP contribution in [0.2, 0.25) is 0 Å². The molecule has 8 heteroatoms. The lowest BCUT2D eigenvalue weighted by Crippen LogP contribution is -2.21. The molecule has 0 aliphatic heterocycles. The van der Waals surface area contributed by atoms with Gasteiger partial charge in [-0.1, -0.05) is 42.5 Å². The van der Waals surface area contributed by atoms with Crippen LogP contribution in [-0.2, 0) is 26.8 Å². The van der Waals surface area contributed by atoms with Gasteiger partial charge >= 0.3 is 7.82 Å². The van der Waals surface area contributed by atoms with Gasteiger partial charge in [0.2, 0.25) is 0 Å². The first-order chi connectivity index (χ1) is 12.0. The lowest BCUT2D eigenvalue weighted by molar-refractivity contribution is 0.0535. The Morgan fingerprint density at radius 1 is 0.960 bits per heavy atom. The number of aliphatic hydroxyl groups excluding tert-OH is 2. The highest BCUT2D eigenvalue weighted by Crippen LogP contribution is 2.45. The van der Waals surface area contributed by atoms with E-state index >= 15 is 0 Å². The summed E-state index contributed by atoms with van der Waals surface area (Å²) in [6.07, 6.45) is -0.969. The largest absolute Gasteiger partial charge is 0.491 e. The Morgan fingerprint density at radius 3 is 2.28 bits per heavy atom. The van der Waals surface area contributed by atoms with Crippen molar-refractivity contribution in [2.75, 3.05) is 13.2 Å². The maximum Gasteiger partial charge on any atom is 0.472 e. The van der Waals surface area contributed by atoms with Gasteiger partial charge < -0.3 is 19.8 Å². The van der Waals surface area contributed by atoms with Crippen molar-refractivity contribution in [3.05, 3.63) is 65.7 Å². The number of hydrogen-bond donors (Lipinski definition) is 3. The second-order valence-corrected chi connectivity index (χ2v) is 6.75.